The van der Waals surface area contributed by atoms with Gasteiger partial charge < -0.3 is 20.9 Å². The van der Waals surface area contributed by atoms with E-state index < -0.39 is 24.5 Å². The van der Waals surface area contributed by atoms with Crippen molar-refractivity contribution in [1.29, 1.82) is 0 Å². The Balaban J connectivity index is 2.08. The Morgan fingerprint density at radius 2 is 1.81 bits per heavy atom. The number of anilines is 1. The van der Waals surface area contributed by atoms with Crippen LogP contribution in [0.4, 0.5) is 5.69 Å². The van der Waals surface area contributed by atoms with Gasteiger partial charge in [-0.25, -0.2) is 4.79 Å². The van der Waals surface area contributed by atoms with Gasteiger partial charge in [-0.3, -0.25) is 4.79 Å². The summed E-state index contributed by atoms with van der Waals surface area (Å²) in [6, 6.07) is 17.5. The maximum atomic E-state index is 12.8. The van der Waals surface area contributed by atoms with E-state index in [1.807, 2.05) is 42.5 Å². The highest BCUT2D eigenvalue weighted by Crippen LogP contribution is 2.32. The Kier molecular flexibility index (Phi) is 5.38. The van der Waals surface area contributed by atoms with Crippen LogP contribution < -0.4 is 11.1 Å². The molecule has 0 bridgehead atoms. The first-order valence-corrected chi connectivity index (χ1v) is 8.42. The summed E-state index contributed by atoms with van der Waals surface area (Å²) >= 11 is 0. The summed E-state index contributed by atoms with van der Waals surface area (Å²) in [7, 11) is 1.20. The molecule has 6 nitrogen and oxygen atoms in total. The van der Waals surface area contributed by atoms with Gasteiger partial charge in [0, 0.05) is 11.3 Å². The van der Waals surface area contributed by atoms with Gasteiger partial charge in [-0.1, -0.05) is 42.5 Å². The van der Waals surface area contributed by atoms with Gasteiger partial charge in [0.2, 0.25) is 0 Å². The molecular weight excluding hydrogens is 344 g/mol. The molecule has 0 aromatic heterocycles. The fraction of sp³-hybridized carbons (Fsp3) is 0.143. The number of nitrogens with two attached hydrogens (primary N) is 1. The minimum absolute atomic E-state index is 0.350. The zero-order chi connectivity index (χ0) is 19.4. The molecule has 0 aliphatic carbocycles. The van der Waals surface area contributed by atoms with Crippen LogP contribution in [0.5, 0.6) is 0 Å². The van der Waals surface area contributed by atoms with E-state index in [4.69, 9.17) is 5.73 Å². The highest BCUT2D eigenvalue weighted by molar-refractivity contribution is 6.07. The fourth-order valence-corrected chi connectivity index (χ4v) is 3.00. The van der Waals surface area contributed by atoms with E-state index in [1.54, 1.807) is 18.2 Å². The lowest BCUT2D eigenvalue weighted by molar-refractivity contribution is -0.143. The number of esters is 1. The topological polar surface area (TPSA) is 102 Å². The maximum Gasteiger partial charge on any atom is 0.330 e. The number of hydrogen-bond acceptors (Lipinski definition) is 5. The van der Waals surface area contributed by atoms with Crippen LogP contribution in [0.15, 0.2) is 60.7 Å². The quantitative estimate of drug-likeness (QED) is 0.476. The van der Waals surface area contributed by atoms with Crippen molar-refractivity contribution in [2.75, 3.05) is 19.5 Å². The number of ether oxygens (including phenoxy) is 1. The molecule has 0 saturated carbocycles. The first kappa shape index (κ1) is 18.4. The number of rotatable bonds is 5. The summed E-state index contributed by atoms with van der Waals surface area (Å²) in [4.78, 5) is 24.5. The number of aliphatic hydroxyl groups is 1. The molecule has 0 heterocycles. The van der Waals surface area contributed by atoms with Crippen molar-refractivity contribution in [2.24, 2.45) is 0 Å². The molecule has 0 aliphatic heterocycles. The van der Waals surface area contributed by atoms with Gasteiger partial charge >= 0.3 is 5.97 Å². The number of hydrogen-bond donors (Lipinski definition) is 3. The molecule has 138 valence electrons. The van der Waals surface area contributed by atoms with Gasteiger partial charge in [-0.05, 0) is 40.1 Å². The number of aliphatic hydroxyl groups excluding tert-OH is 1. The second-order valence-electron chi connectivity index (χ2n) is 6.06. The largest absolute Gasteiger partial charge is 0.467 e. The van der Waals surface area contributed by atoms with Crippen LogP contribution in [-0.4, -0.2) is 36.7 Å². The van der Waals surface area contributed by atoms with E-state index in [0.29, 0.717) is 16.8 Å². The Morgan fingerprint density at radius 3 is 2.56 bits per heavy atom. The van der Waals surface area contributed by atoms with E-state index in [-0.39, 0.29) is 0 Å². The molecule has 0 saturated heterocycles. The van der Waals surface area contributed by atoms with Gasteiger partial charge in [-0.15, -0.1) is 0 Å². The van der Waals surface area contributed by atoms with Crippen molar-refractivity contribution in [3.8, 4) is 11.1 Å². The first-order valence-electron chi connectivity index (χ1n) is 8.42. The molecule has 0 spiro atoms. The average molecular weight is 364 g/mol. The summed E-state index contributed by atoms with van der Waals surface area (Å²) in [6.07, 6.45) is 0. The van der Waals surface area contributed by atoms with Crippen molar-refractivity contribution in [3.05, 3.63) is 66.2 Å². The molecule has 3 aromatic carbocycles. The van der Waals surface area contributed by atoms with Crippen molar-refractivity contribution in [1.82, 2.24) is 5.32 Å². The second-order valence-corrected chi connectivity index (χ2v) is 6.06. The highest BCUT2D eigenvalue weighted by atomic mass is 16.5. The molecule has 0 fully saturated rings. The molecule has 1 amide bonds. The van der Waals surface area contributed by atoms with Crippen LogP contribution in [0, 0.1) is 0 Å². The lowest BCUT2D eigenvalue weighted by Crippen LogP contribution is -2.44. The van der Waals surface area contributed by atoms with Crippen LogP contribution in [-0.2, 0) is 9.53 Å². The normalized spacial score (nSPS) is 11.8. The summed E-state index contributed by atoms with van der Waals surface area (Å²) in [5.41, 5.74) is 8.32. The fourth-order valence-electron chi connectivity index (χ4n) is 3.00. The summed E-state index contributed by atoms with van der Waals surface area (Å²) in [6.45, 7) is -0.559. The molecule has 0 aliphatic rings. The molecule has 0 radical (unpaired) electrons. The standard InChI is InChI=1S/C21H20N2O4/c1-27-21(26)19(12-24)23-20(25)17-10-9-14(22)11-18(17)16-8-4-6-13-5-2-3-7-15(13)16/h2-11,19,24H,12,22H2,1H3,(H,23,25). The number of amides is 1. The molecule has 3 rings (SSSR count). The van der Waals surface area contributed by atoms with Crippen LogP contribution >= 0.6 is 0 Å². The van der Waals surface area contributed by atoms with Crippen LogP contribution in [0.25, 0.3) is 21.9 Å². The van der Waals surface area contributed by atoms with E-state index in [0.717, 1.165) is 16.3 Å². The molecule has 1 atom stereocenters. The first-order chi connectivity index (χ1) is 13.0. The minimum Gasteiger partial charge on any atom is -0.467 e. The Hall–Kier alpha value is -3.38. The zero-order valence-corrected chi connectivity index (χ0v) is 14.8. The Morgan fingerprint density at radius 1 is 1.07 bits per heavy atom. The van der Waals surface area contributed by atoms with Gasteiger partial charge in [0.25, 0.3) is 5.91 Å². The predicted octanol–water partition coefficient (Wildman–Crippen LogP) is 2.35. The van der Waals surface area contributed by atoms with E-state index in [1.165, 1.54) is 7.11 Å². The lowest BCUT2D eigenvalue weighted by Gasteiger charge is -2.17. The van der Waals surface area contributed by atoms with E-state index in [2.05, 4.69) is 10.1 Å². The smallest absolute Gasteiger partial charge is 0.330 e. The van der Waals surface area contributed by atoms with Gasteiger partial charge in [-0.2, -0.15) is 0 Å². The molecule has 6 heteroatoms. The van der Waals surface area contributed by atoms with Crippen molar-refractivity contribution in [2.45, 2.75) is 6.04 Å². The SMILES string of the molecule is COC(=O)C(CO)NC(=O)c1ccc(N)cc1-c1cccc2ccccc12. The highest BCUT2D eigenvalue weighted by Gasteiger charge is 2.23. The third-order valence-corrected chi connectivity index (χ3v) is 4.34. The summed E-state index contributed by atoms with van der Waals surface area (Å²) < 4.78 is 4.60. The monoisotopic (exact) mass is 364 g/mol. The van der Waals surface area contributed by atoms with Gasteiger partial charge in [0.05, 0.1) is 13.7 Å². The van der Waals surface area contributed by atoms with E-state index in [9.17, 15) is 14.7 Å². The number of fused-ring (bicyclic) bond motifs is 1. The number of methoxy groups -OCH3 is 1. The summed E-state index contributed by atoms with van der Waals surface area (Å²) in [5.74, 6) is -1.21. The molecular formula is C21H20N2O4. The van der Waals surface area contributed by atoms with Crippen LogP contribution in [0.3, 0.4) is 0 Å². The number of nitrogen functional groups attached to an aromatic ring is 1. The number of carbonyl (C=O) groups is 2. The van der Waals surface area contributed by atoms with Crippen LogP contribution in [0.2, 0.25) is 0 Å². The molecule has 3 aromatic rings. The maximum absolute atomic E-state index is 12.8. The summed E-state index contributed by atoms with van der Waals surface area (Å²) in [5, 5.41) is 13.9. The third-order valence-electron chi connectivity index (χ3n) is 4.34. The molecule has 1 unspecified atom stereocenters. The zero-order valence-electron chi connectivity index (χ0n) is 14.8. The third kappa shape index (κ3) is 3.75. The number of benzene rings is 3. The van der Waals surface area contributed by atoms with Crippen molar-refractivity contribution < 1.29 is 19.4 Å². The number of carbonyl (C=O) groups excluding carboxylic acids is 2. The Bertz CT molecular complexity index is 995. The van der Waals surface area contributed by atoms with Crippen molar-refractivity contribution >= 4 is 28.3 Å². The Labute approximate surface area is 156 Å². The van der Waals surface area contributed by atoms with Crippen LogP contribution in [0.1, 0.15) is 10.4 Å². The van der Waals surface area contributed by atoms with Gasteiger partial charge in [0.1, 0.15) is 0 Å². The molecule has 4 N–H and O–H groups in total. The number of nitrogens with one attached hydrogen (secondary N) is 1. The molecule has 27 heavy (non-hydrogen) atoms. The average Bonchev–Trinajstić information content (AvgIpc) is 2.70. The van der Waals surface area contributed by atoms with E-state index >= 15 is 0 Å². The van der Waals surface area contributed by atoms with Crippen molar-refractivity contribution in [3.63, 3.8) is 0 Å². The second kappa shape index (κ2) is 7.88. The predicted molar refractivity (Wildman–Crippen MR) is 104 cm³/mol. The van der Waals surface area contributed by atoms with Gasteiger partial charge in [0.15, 0.2) is 6.04 Å². The minimum atomic E-state index is -1.14. The lowest BCUT2D eigenvalue weighted by atomic mass is 9.93.